The van der Waals surface area contributed by atoms with Crippen LogP contribution in [-0.2, 0) is 24.4 Å². The number of carboxylic acids is 1. The number of carboxylic acid groups (broad SMARTS) is 1. The number of nitrogens with one attached hydrogen (secondary N) is 1. The van der Waals surface area contributed by atoms with Gasteiger partial charge in [-0.15, -0.1) is 0 Å². The van der Waals surface area contributed by atoms with Gasteiger partial charge in [0.05, 0.1) is 29.8 Å². The second-order valence-corrected chi connectivity index (χ2v) is 6.53. The van der Waals surface area contributed by atoms with Crippen molar-refractivity contribution in [2.45, 2.75) is 47.3 Å². The average Bonchev–Trinajstić information content (AvgIpc) is 3.31. The minimum atomic E-state index is -1.13. The molecule has 3 aromatic heterocycles. The number of aromatic nitrogens is 6. The summed E-state index contributed by atoms with van der Waals surface area (Å²) in [4.78, 5) is 23.2. The van der Waals surface area contributed by atoms with Gasteiger partial charge in [0.1, 0.15) is 6.54 Å². The van der Waals surface area contributed by atoms with Crippen molar-refractivity contribution in [3.05, 3.63) is 46.8 Å². The summed E-state index contributed by atoms with van der Waals surface area (Å²) < 4.78 is 5.06. The highest BCUT2D eigenvalue weighted by Gasteiger charge is 2.17. The largest absolute Gasteiger partial charge is 0.476 e. The summed E-state index contributed by atoms with van der Waals surface area (Å²) in [5, 5.41) is 24.5. The van der Waals surface area contributed by atoms with E-state index in [0.29, 0.717) is 17.9 Å². The lowest BCUT2D eigenvalue weighted by atomic mass is 10.2. The zero-order valence-electron chi connectivity index (χ0n) is 16.3. The zero-order valence-corrected chi connectivity index (χ0v) is 16.3. The van der Waals surface area contributed by atoms with E-state index in [0.717, 1.165) is 23.5 Å². The summed E-state index contributed by atoms with van der Waals surface area (Å²) >= 11 is 0. The molecule has 3 heterocycles. The second-order valence-electron chi connectivity index (χ2n) is 6.53. The maximum Gasteiger partial charge on any atom is 0.356 e. The van der Waals surface area contributed by atoms with Crippen molar-refractivity contribution >= 4 is 17.6 Å². The molecule has 0 saturated heterocycles. The molecule has 0 radical (unpaired) electrons. The van der Waals surface area contributed by atoms with Crippen molar-refractivity contribution < 1.29 is 14.7 Å². The number of hydrogen-bond acceptors (Lipinski definition) is 5. The van der Waals surface area contributed by atoms with Crippen LogP contribution in [0, 0.1) is 20.8 Å². The zero-order chi connectivity index (χ0) is 20.4. The molecule has 0 spiro atoms. The van der Waals surface area contributed by atoms with Crippen molar-refractivity contribution in [2.75, 3.05) is 5.32 Å². The van der Waals surface area contributed by atoms with E-state index in [-0.39, 0.29) is 18.1 Å². The molecule has 28 heavy (non-hydrogen) atoms. The standard InChI is InChI=1S/C18H23N7O3/c1-5-24-12(3)14(8-19-24)9-25-13(4)17(11(2)21-25)20-16(26)10-23-7-6-15(22-23)18(27)28/h6-8H,5,9-10H2,1-4H3,(H,20,26)(H,27,28). The lowest BCUT2D eigenvalue weighted by Crippen LogP contribution is -2.20. The molecular weight excluding hydrogens is 362 g/mol. The van der Waals surface area contributed by atoms with Crippen molar-refractivity contribution in [1.82, 2.24) is 29.3 Å². The lowest BCUT2D eigenvalue weighted by molar-refractivity contribution is -0.116. The first kappa shape index (κ1) is 19.3. The average molecular weight is 385 g/mol. The second kappa shape index (κ2) is 7.67. The predicted octanol–water partition coefficient (Wildman–Crippen LogP) is 1.61. The smallest absolute Gasteiger partial charge is 0.356 e. The Morgan fingerprint density at radius 1 is 1.14 bits per heavy atom. The fraction of sp³-hybridized carbons (Fsp3) is 0.389. The third kappa shape index (κ3) is 3.80. The first-order valence-corrected chi connectivity index (χ1v) is 8.92. The molecule has 0 aliphatic carbocycles. The summed E-state index contributed by atoms with van der Waals surface area (Å²) in [6.07, 6.45) is 3.30. The quantitative estimate of drug-likeness (QED) is 0.637. The van der Waals surface area contributed by atoms with E-state index < -0.39 is 5.97 Å². The van der Waals surface area contributed by atoms with Crippen LogP contribution >= 0.6 is 0 Å². The normalized spacial score (nSPS) is 11.0. The Labute approximate surface area is 161 Å². The number of amides is 1. The molecule has 0 aliphatic heterocycles. The molecule has 148 valence electrons. The van der Waals surface area contributed by atoms with Gasteiger partial charge in [0.25, 0.3) is 0 Å². The minimum Gasteiger partial charge on any atom is -0.476 e. The van der Waals surface area contributed by atoms with E-state index >= 15 is 0 Å². The predicted molar refractivity (Wildman–Crippen MR) is 101 cm³/mol. The highest BCUT2D eigenvalue weighted by molar-refractivity contribution is 5.91. The van der Waals surface area contributed by atoms with Crippen LogP contribution in [0.25, 0.3) is 0 Å². The van der Waals surface area contributed by atoms with Crippen molar-refractivity contribution in [3.8, 4) is 0 Å². The maximum atomic E-state index is 12.4. The molecule has 0 atom stereocenters. The van der Waals surface area contributed by atoms with Gasteiger partial charge in [-0.05, 0) is 33.8 Å². The molecule has 0 fully saturated rings. The number of carbonyl (C=O) groups is 2. The van der Waals surface area contributed by atoms with Crippen molar-refractivity contribution in [3.63, 3.8) is 0 Å². The van der Waals surface area contributed by atoms with Crippen LogP contribution in [0.4, 0.5) is 5.69 Å². The van der Waals surface area contributed by atoms with Crippen LogP contribution in [0.1, 0.15) is 40.1 Å². The van der Waals surface area contributed by atoms with Gasteiger partial charge in [0, 0.05) is 24.0 Å². The Kier molecular flexibility index (Phi) is 5.30. The van der Waals surface area contributed by atoms with Crippen LogP contribution in [0.15, 0.2) is 18.5 Å². The fourth-order valence-corrected chi connectivity index (χ4v) is 3.04. The molecule has 0 bridgehead atoms. The minimum absolute atomic E-state index is 0.0836. The number of nitrogens with zero attached hydrogens (tertiary/aromatic N) is 6. The van der Waals surface area contributed by atoms with E-state index in [1.807, 2.05) is 43.3 Å². The summed E-state index contributed by atoms with van der Waals surface area (Å²) in [6, 6.07) is 1.35. The van der Waals surface area contributed by atoms with Gasteiger partial charge in [-0.1, -0.05) is 0 Å². The Morgan fingerprint density at radius 2 is 1.89 bits per heavy atom. The number of aromatic carboxylic acids is 1. The van der Waals surface area contributed by atoms with Gasteiger partial charge in [-0.3, -0.25) is 18.8 Å². The van der Waals surface area contributed by atoms with Gasteiger partial charge in [0.2, 0.25) is 5.91 Å². The summed E-state index contributed by atoms with van der Waals surface area (Å²) in [5.74, 6) is -1.44. The number of rotatable bonds is 7. The van der Waals surface area contributed by atoms with Gasteiger partial charge in [-0.2, -0.15) is 15.3 Å². The number of anilines is 1. The molecule has 2 N–H and O–H groups in total. The summed E-state index contributed by atoms with van der Waals surface area (Å²) in [7, 11) is 0. The third-order valence-corrected chi connectivity index (χ3v) is 4.64. The third-order valence-electron chi connectivity index (χ3n) is 4.64. The Bertz CT molecular complexity index is 1030. The van der Waals surface area contributed by atoms with Gasteiger partial charge in [-0.25, -0.2) is 4.79 Å². The van der Waals surface area contributed by atoms with Crippen LogP contribution in [0.5, 0.6) is 0 Å². The summed E-state index contributed by atoms with van der Waals surface area (Å²) in [5.41, 5.74) is 4.25. The number of carbonyl (C=O) groups excluding carboxylic acids is 1. The number of hydrogen-bond donors (Lipinski definition) is 2. The van der Waals surface area contributed by atoms with Gasteiger partial charge < -0.3 is 10.4 Å². The lowest BCUT2D eigenvalue weighted by Gasteiger charge is -2.08. The van der Waals surface area contributed by atoms with Crippen molar-refractivity contribution in [1.29, 1.82) is 0 Å². The van der Waals surface area contributed by atoms with E-state index in [1.54, 1.807) is 0 Å². The van der Waals surface area contributed by atoms with Crippen molar-refractivity contribution in [2.24, 2.45) is 0 Å². The van der Waals surface area contributed by atoms with Crippen LogP contribution in [-0.4, -0.2) is 46.3 Å². The first-order chi connectivity index (χ1) is 13.3. The van der Waals surface area contributed by atoms with Crippen LogP contribution in [0.2, 0.25) is 0 Å². The van der Waals surface area contributed by atoms with Crippen LogP contribution < -0.4 is 5.32 Å². The molecule has 1 amide bonds. The Balaban J connectivity index is 1.72. The molecule has 0 unspecified atom stereocenters. The molecule has 3 aromatic rings. The monoisotopic (exact) mass is 385 g/mol. The van der Waals surface area contributed by atoms with Gasteiger partial charge >= 0.3 is 5.97 Å². The van der Waals surface area contributed by atoms with E-state index in [2.05, 4.69) is 20.6 Å². The Morgan fingerprint density at radius 3 is 2.50 bits per heavy atom. The Hall–Kier alpha value is -3.43. The molecular formula is C18H23N7O3. The topological polar surface area (TPSA) is 120 Å². The maximum absolute atomic E-state index is 12.4. The SMILES string of the molecule is CCn1ncc(Cn2nc(C)c(NC(=O)Cn3ccc(C(=O)O)n3)c2C)c1C. The van der Waals surface area contributed by atoms with E-state index in [1.165, 1.54) is 16.9 Å². The van der Waals surface area contributed by atoms with E-state index in [4.69, 9.17) is 5.11 Å². The molecule has 0 saturated carbocycles. The highest BCUT2D eigenvalue weighted by atomic mass is 16.4. The van der Waals surface area contributed by atoms with Crippen LogP contribution in [0.3, 0.4) is 0 Å². The van der Waals surface area contributed by atoms with E-state index in [9.17, 15) is 9.59 Å². The molecule has 10 heteroatoms. The molecule has 0 aromatic carbocycles. The molecule has 0 aliphatic rings. The fourth-order valence-electron chi connectivity index (χ4n) is 3.04. The first-order valence-electron chi connectivity index (χ1n) is 8.92. The highest BCUT2D eigenvalue weighted by Crippen LogP contribution is 2.21. The van der Waals surface area contributed by atoms with Gasteiger partial charge in [0.15, 0.2) is 5.69 Å². The molecule has 10 nitrogen and oxygen atoms in total. The molecule has 3 rings (SSSR count). The summed E-state index contributed by atoms with van der Waals surface area (Å²) in [6.45, 7) is 9.08. The number of aryl methyl sites for hydroxylation is 2.